The molecular weight excluding hydrogens is 348 g/mol. The molecule has 0 unspecified atom stereocenters. The Morgan fingerprint density at radius 1 is 1.04 bits per heavy atom. The van der Waals surface area contributed by atoms with Gasteiger partial charge in [0, 0.05) is 42.0 Å². The molecule has 3 aromatic rings. The third-order valence-corrected chi connectivity index (χ3v) is 5.46. The maximum atomic E-state index is 11.0. The minimum atomic E-state index is -2.47. The SMILES string of the molecule is O=[SH](=O)Cc1cncc(-c2ccnc(-c3ncc(C4CCCC4)[nH]3)c2)c1. The number of hydrogen-bond donors (Lipinski definition) is 2. The molecule has 0 amide bonds. The fraction of sp³-hybridized carbons (Fsp3) is 0.316. The van der Waals surface area contributed by atoms with Crippen molar-refractivity contribution >= 4 is 10.7 Å². The lowest BCUT2D eigenvalue weighted by molar-refractivity contribution is 0.614. The monoisotopic (exact) mass is 368 g/mol. The van der Waals surface area contributed by atoms with Crippen molar-refractivity contribution in [2.75, 3.05) is 0 Å². The summed E-state index contributed by atoms with van der Waals surface area (Å²) in [5.74, 6) is 1.34. The van der Waals surface area contributed by atoms with Gasteiger partial charge in [0.25, 0.3) is 0 Å². The number of H-pyrrole nitrogens is 1. The molecule has 1 N–H and O–H groups in total. The van der Waals surface area contributed by atoms with Gasteiger partial charge in [0.2, 0.25) is 0 Å². The van der Waals surface area contributed by atoms with Crippen LogP contribution in [0.3, 0.4) is 0 Å². The molecule has 1 fully saturated rings. The Balaban J connectivity index is 1.63. The number of aromatic amines is 1. The summed E-state index contributed by atoms with van der Waals surface area (Å²) in [6.45, 7) is 0. The van der Waals surface area contributed by atoms with E-state index >= 15 is 0 Å². The highest BCUT2D eigenvalue weighted by Gasteiger charge is 2.19. The first-order chi connectivity index (χ1) is 12.7. The molecule has 0 radical (unpaired) electrons. The quantitative estimate of drug-likeness (QED) is 0.675. The average Bonchev–Trinajstić information content (AvgIpc) is 3.33. The van der Waals surface area contributed by atoms with Crippen LogP contribution >= 0.6 is 0 Å². The van der Waals surface area contributed by atoms with Gasteiger partial charge >= 0.3 is 0 Å². The van der Waals surface area contributed by atoms with Gasteiger partial charge in [0.05, 0.1) is 5.75 Å². The molecule has 0 saturated heterocycles. The maximum Gasteiger partial charge on any atom is 0.156 e. The van der Waals surface area contributed by atoms with E-state index in [9.17, 15) is 8.42 Å². The Morgan fingerprint density at radius 3 is 2.69 bits per heavy atom. The summed E-state index contributed by atoms with van der Waals surface area (Å²) in [5.41, 5.74) is 4.44. The van der Waals surface area contributed by atoms with Gasteiger partial charge in [-0.05, 0) is 42.2 Å². The average molecular weight is 368 g/mol. The van der Waals surface area contributed by atoms with E-state index < -0.39 is 10.7 Å². The number of nitrogens with one attached hydrogen (secondary N) is 1. The highest BCUT2D eigenvalue weighted by molar-refractivity contribution is 7.71. The number of pyridine rings is 2. The first-order valence-electron chi connectivity index (χ1n) is 8.76. The number of thiol groups is 1. The van der Waals surface area contributed by atoms with Gasteiger partial charge in [-0.1, -0.05) is 12.8 Å². The lowest BCUT2D eigenvalue weighted by Gasteiger charge is -2.06. The second-order valence-electron chi connectivity index (χ2n) is 6.67. The van der Waals surface area contributed by atoms with Crippen LogP contribution in [0.1, 0.15) is 42.9 Å². The zero-order valence-corrected chi connectivity index (χ0v) is 15.2. The summed E-state index contributed by atoms with van der Waals surface area (Å²) in [6.07, 6.45) is 12.0. The van der Waals surface area contributed by atoms with E-state index in [1.165, 1.54) is 31.4 Å². The molecule has 4 rings (SSSR count). The zero-order valence-electron chi connectivity index (χ0n) is 14.3. The Morgan fingerprint density at radius 2 is 1.88 bits per heavy atom. The highest BCUT2D eigenvalue weighted by atomic mass is 32.2. The van der Waals surface area contributed by atoms with E-state index in [2.05, 4.69) is 19.9 Å². The molecule has 3 aromatic heterocycles. The lowest BCUT2D eigenvalue weighted by Crippen LogP contribution is -1.93. The Labute approximate surface area is 153 Å². The van der Waals surface area contributed by atoms with Crippen molar-refractivity contribution in [3.63, 3.8) is 0 Å². The van der Waals surface area contributed by atoms with Crippen molar-refractivity contribution in [1.82, 2.24) is 19.9 Å². The summed E-state index contributed by atoms with van der Waals surface area (Å²) in [7, 11) is -2.47. The second kappa shape index (κ2) is 7.37. The first-order valence-corrected chi connectivity index (χ1v) is 10.1. The topological polar surface area (TPSA) is 88.6 Å². The van der Waals surface area contributed by atoms with Gasteiger partial charge in [0.15, 0.2) is 5.82 Å². The van der Waals surface area contributed by atoms with Crippen molar-refractivity contribution in [3.8, 4) is 22.6 Å². The number of hydrogen-bond acceptors (Lipinski definition) is 5. The summed E-state index contributed by atoms with van der Waals surface area (Å²) >= 11 is 0. The van der Waals surface area contributed by atoms with E-state index in [1.807, 2.05) is 24.4 Å². The van der Waals surface area contributed by atoms with Gasteiger partial charge in [-0.15, -0.1) is 0 Å². The number of aromatic nitrogens is 4. The molecule has 1 aliphatic carbocycles. The number of rotatable bonds is 5. The molecule has 0 atom stereocenters. The summed E-state index contributed by atoms with van der Waals surface area (Å²) < 4.78 is 21.9. The second-order valence-corrected chi connectivity index (χ2v) is 7.65. The molecule has 6 nitrogen and oxygen atoms in total. The fourth-order valence-corrected chi connectivity index (χ4v) is 4.00. The van der Waals surface area contributed by atoms with Crippen LogP contribution in [-0.4, -0.2) is 28.4 Å². The van der Waals surface area contributed by atoms with Gasteiger partial charge in [-0.25, -0.2) is 13.4 Å². The first kappa shape index (κ1) is 16.9. The molecule has 3 heterocycles. The van der Waals surface area contributed by atoms with Crippen molar-refractivity contribution in [1.29, 1.82) is 0 Å². The molecule has 0 aromatic carbocycles. The van der Waals surface area contributed by atoms with Gasteiger partial charge < -0.3 is 4.98 Å². The predicted molar refractivity (Wildman–Crippen MR) is 100 cm³/mol. The van der Waals surface area contributed by atoms with Crippen molar-refractivity contribution in [3.05, 3.63) is 54.2 Å². The summed E-state index contributed by atoms with van der Waals surface area (Å²) in [6, 6.07) is 5.70. The minimum Gasteiger partial charge on any atom is -0.340 e. The van der Waals surface area contributed by atoms with Crippen LogP contribution in [0.5, 0.6) is 0 Å². The van der Waals surface area contributed by atoms with Gasteiger partial charge in [0.1, 0.15) is 16.4 Å². The number of imidazole rings is 1. The molecular formula is C19H20N4O2S. The fourth-order valence-electron chi connectivity index (χ4n) is 3.53. The van der Waals surface area contributed by atoms with E-state index in [0.717, 1.165) is 22.6 Å². The Hall–Kier alpha value is -2.54. The molecule has 1 saturated carbocycles. The largest absolute Gasteiger partial charge is 0.340 e. The smallest absolute Gasteiger partial charge is 0.156 e. The predicted octanol–water partition coefficient (Wildman–Crippen LogP) is 3.30. The van der Waals surface area contributed by atoms with Crippen LogP contribution in [0.4, 0.5) is 0 Å². The molecule has 0 aliphatic heterocycles. The zero-order chi connectivity index (χ0) is 17.9. The van der Waals surface area contributed by atoms with Gasteiger partial charge in [-0.2, -0.15) is 0 Å². The molecule has 7 heteroatoms. The van der Waals surface area contributed by atoms with E-state index in [-0.39, 0.29) is 5.75 Å². The third kappa shape index (κ3) is 3.67. The van der Waals surface area contributed by atoms with Crippen molar-refractivity contribution < 1.29 is 8.42 Å². The summed E-state index contributed by atoms with van der Waals surface area (Å²) in [5, 5.41) is 0. The highest BCUT2D eigenvalue weighted by Crippen LogP contribution is 2.34. The normalized spacial score (nSPS) is 15.0. The van der Waals surface area contributed by atoms with Crippen LogP contribution in [0.25, 0.3) is 22.6 Å². The summed E-state index contributed by atoms with van der Waals surface area (Å²) in [4.78, 5) is 16.5. The van der Waals surface area contributed by atoms with Crippen molar-refractivity contribution in [2.45, 2.75) is 37.4 Å². The molecule has 26 heavy (non-hydrogen) atoms. The number of nitrogens with zero attached hydrogens (tertiary/aromatic N) is 3. The molecule has 1 aliphatic rings. The van der Waals surface area contributed by atoms with E-state index in [4.69, 9.17) is 0 Å². The van der Waals surface area contributed by atoms with E-state index in [0.29, 0.717) is 11.5 Å². The van der Waals surface area contributed by atoms with Crippen LogP contribution in [-0.2, 0) is 16.5 Å². The molecule has 0 spiro atoms. The minimum absolute atomic E-state index is 0.00293. The Kier molecular flexibility index (Phi) is 4.79. The van der Waals surface area contributed by atoms with Crippen molar-refractivity contribution in [2.24, 2.45) is 0 Å². The standard InChI is InChI=1S/C19H20N4O2S/c24-26(25)12-13-7-16(10-20-9-13)15-5-6-21-17(8-15)19-22-11-18(23-19)14-3-1-2-4-14/h5-11,14,26H,1-4,12H2,(H,22,23). The third-order valence-electron chi connectivity index (χ3n) is 4.83. The van der Waals surface area contributed by atoms with Crippen LogP contribution in [0.2, 0.25) is 0 Å². The van der Waals surface area contributed by atoms with Crippen LogP contribution < -0.4 is 0 Å². The van der Waals surface area contributed by atoms with Gasteiger partial charge in [-0.3, -0.25) is 9.97 Å². The molecule has 134 valence electrons. The van der Waals surface area contributed by atoms with Crippen LogP contribution in [0, 0.1) is 0 Å². The lowest BCUT2D eigenvalue weighted by atomic mass is 10.1. The van der Waals surface area contributed by atoms with Crippen LogP contribution in [0.15, 0.2) is 43.0 Å². The Bertz CT molecular complexity index is 982. The molecule has 0 bridgehead atoms. The maximum absolute atomic E-state index is 11.0. The van der Waals surface area contributed by atoms with E-state index in [1.54, 1.807) is 18.6 Å².